The fourth-order valence-corrected chi connectivity index (χ4v) is 12.9. The third-order valence-corrected chi connectivity index (χ3v) is 18.4. The number of allylic oxidation sites excluding steroid dienone is 3. The number of Topliss-reactive ketones (excluding diaryl/α,β-unsaturated/α-hetero) is 2. The Morgan fingerprint density at radius 3 is 2.38 bits per heavy atom. The van der Waals surface area contributed by atoms with Gasteiger partial charge in [0, 0.05) is 68.9 Å². The highest BCUT2D eigenvalue weighted by Crippen LogP contribution is 2.50. The standard InChI is InChI=1S/C61H82Br2Cl2FN5O14/c1-33(2)41(26-40(72)16-11-12-19-59(6,7)85-56(77)39(31-62)32-63)55(76)69-44(17-14-20-68-57(67)78)47(73)25-38-24-42(64)45(27-43(38)66)70-58(79)83-50-28-51(74)71(9)46-23-37(22-35(4)53(46)65)21-34(3)15-13-18-49(81-10)61(80)29-48(82-52(75)30-61)36(5)54-60(50,8)84-54/h13,15,18,22-24,27,33,36,39,41,44,48-50,54,80H,11-12,14,16-17,19-21,25-26,28-32H2,1-10H3,(H,69,76)(H,70,79)(H3,67,68,78)/b18-13+,34-15+/t36-,41+,44+,48+,49-,50+,54+,60+,61-/m1/s1. The molecule has 2 saturated heterocycles. The van der Waals surface area contributed by atoms with Gasteiger partial charge in [-0.2, -0.15) is 0 Å². The second-order valence-corrected chi connectivity index (χ2v) is 25.9. The third-order valence-electron chi connectivity index (χ3n) is 16.0. The average Bonchev–Trinajstić information content (AvgIpc) is 2.80. The van der Waals surface area contributed by atoms with Crippen molar-refractivity contribution in [3.05, 3.63) is 80.6 Å². The molecule has 3 aliphatic rings. The molecular formula is C61H82Br2Cl2FN5O14. The zero-order valence-electron chi connectivity index (χ0n) is 50.0. The van der Waals surface area contributed by atoms with Crippen LogP contribution in [0.5, 0.6) is 0 Å². The minimum absolute atomic E-state index is 0.00875. The summed E-state index contributed by atoms with van der Waals surface area (Å²) in [6, 6.07) is 3.76. The number of carbonyl (C=O) groups is 8. The Kier molecular flexibility index (Phi) is 26.1. The number of nitrogens with one attached hydrogen (secondary N) is 3. The van der Waals surface area contributed by atoms with E-state index in [0.717, 1.165) is 23.3 Å². The number of fused-ring (bicyclic) bond motifs is 5. The van der Waals surface area contributed by atoms with Crippen LogP contribution >= 0.6 is 55.1 Å². The summed E-state index contributed by atoms with van der Waals surface area (Å²) < 4.78 is 45.8. The first kappa shape index (κ1) is 70.8. The number of anilines is 2. The monoisotopic (exact) mass is 1360 g/mol. The molecule has 0 aliphatic carbocycles. The Balaban J connectivity index is 1.33. The van der Waals surface area contributed by atoms with Crippen LogP contribution in [0.25, 0.3) is 0 Å². The number of ether oxygens (including phenoxy) is 5. The van der Waals surface area contributed by atoms with Gasteiger partial charge < -0.3 is 50.1 Å². The SMILES string of the molecule is CO[C@@H]1/C=C/C=C(\C)Cc2cc(C)c(Cl)c(c2)N(C)C(=O)C[C@H](OC(=O)Nc2cc(F)c(CC(=O)[C@H](CCCNC(N)=O)NC(=O)[C@@H](CC(=O)CCCCC(C)(C)OC(=O)C(CBr)CBr)C(C)C)cc2Cl)[C@]2(C)O[C@H]2[C@H](C)[C@@H]2C[C@@]1(O)CC(=O)O2. The van der Waals surface area contributed by atoms with Gasteiger partial charge in [-0.25, -0.2) is 14.0 Å². The molecule has 0 spiro atoms. The third kappa shape index (κ3) is 19.8. The highest BCUT2D eigenvalue weighted by Gasteiger charge is 2.64. The zero-order chi connectivity index (χ0) is 63.3. The number of urea groups is 1. The first-order valence-electron chi connectivity index (χ1n) is 28.6. The van der Waals surface area contributed by atoms with Crippen LogP contribution < -0.4 is 26.6 Å². The molecule has 0 radical (unpaired) electrons. The molecule has 3 aliphatic heterocycles. The van der Waals surface area contributed by atoms with Crippen LogP contribution in [0.3, 0.4) is 0 Å². The number of nitrogens with zero attached hydrogens (tertiary/aromatic N) is 1. The summed E-state index contributed by atoms with van der Waals surface area (Å²) in [5.41, 5.74) is 3.90. The van der Waals surface area contributed by atoms with Gasteiger partial charge in [0.2, 0.25) is 11.8 Å². The number of carbonyl (C=O) groups excluding carboxylic acids is 8. The van der Waals surface area contributed by atoms with Crippen molar-refractivity contribution < 1.29 is 71.5 Å². The van der Waals surface area contributed by atoms with Gasteiger partial charge in [-0.1, -0.05) is 106 Å². The molecule has 2 aromatic rings. The van der Waals surface area contributed by atoms with Crippen LogP contribution in [-0.2, 0) is 65.3 Å². The molecule has 4 bridgehead atoms. The second-order valence-electron chi connectivity index (χ2n) is 23.8. The van der Waals surface area contributed by atoms with Crippen LogP contribution in [0.2, 0.25) is 10.0 Å². The fourth-order valence-electron chi connectivity index (χ4n) is 10.8. The summed E-state index contributed by atoms with van der Waals surface area (Å²) >= 11 is 20.2. The second kappa shape index (κ2) is 31.3. The van der Waals surface area contributed by atoms with E-state index in [0.29, 0.717) is 52.6 Å². The summed E-state index contributed by atoms with van der Waals surface area (Å²) in [6.45, 7) is 14.4. The Labute approximate surface area is 524 Å². The predicted molar refractivity (Wildman–Crippen MR) is 329 cm³/mol. The average molecular weight is 1360 g/mol. The smallest absolute Gasteiger partial charge is 0.412 e. The number of hydrogen-bond donors (Lipinski definition) is 5. The molecule has 3 heterocycles. The van der Waals surface area contributed by atoms with Gasteiger partial charge in [0.25, 0.3) is 0 Å². The van der Waals surface area contributed by atoms with E-state index in [-0.39, 0.29) is 84.9 Å². The molecule has 0 aromatic heterocycles. The Bertz CT molecular complexity index is 2850. The number of methoxy groups -OCH3 is 1. The van der Waals surface area contributed by atoms with E-state index in [1.54, 1.807) is 53.0 Å². The lowest BCUT2D eigenvalue weighted by Gasteiger charge is -2.41. The number of amides is 5. The number of epoxide rings is 1. The van der Waals surface area contributed by atoms with Crippen LogP contribution in [0.15, 0.2) is 48.1 Å². The topological polar surface area (TPSA) is 272 Å². The van der Waals surface area contributed by atoms with Crippen LogP contribution in [0.1, 0.15) is 129 Å². The number of aryl methyl sites for hydroxylation is 1. The van der Waals surface area contributed by atoms with E-state index in [1.807, 2.05) is 39.8 Å². The van der Waals surface area contributed by atoms with Crippen LogP contribution in [-0.4, -0.2) is 131 Å². The number of nitrogens with two attached hydrogens (primary N) is 1. The van der Waals surface area contributed by atoms with Gasteiger partial charge in [0.1, 0.15) is 46.7 Å². The van der Waals surface area contributed by atoms with E-state index >= 15 is 4.39 Å². The molecule has 9 atom stereocenters. The van der Waals surface area contributed by atoms with E-state index < -0.39 is 113 Å². The molecular weight excluding hydrogens is 1280 g/mol. The van der Waals surface area contributed by atoms with Crippen molar-refractivity contribution in [3.63, 3.8) is 0 Å². The maximum atomic E-state index is 16.2. The van der Waals surface area contributed by atoms with Crippen molar-refractivity contribution in [2.75, 3.05) is 41.6 Å². The van der Waals surface area contributed by atoms with E-state index in [4.69, 9.17) is 52.6 Å². The predicted octanol–water partition coefficient (Wildman–Crippen LogP) is 10.3. The van der Waals surface area contributed by atoms with Gasteiger partial charge in [-0.3, -0.25) is 34.1 Å². The summed E-state index contributed by atoms with van der Waals surface area (Å²) in [7, 11) is 2.98. The van der Waals surface area contributed by atoms with E-state index in [9.17, 15) is 43.5 Å². The maximum absolute atomic E-state index is 16.2. The normalized spacial score (nSPS) is 24.5. The molecule has 0 unspecified atom stereocenters. The molecule has 6 N–H and O–H groups in total. The first-order chi connectivity index (χ1) is 39.8. The minimum Gasteiger partial charge on any atom is -0.462 e. The number of hydrogen-bond acceptors (Lipinski definition) is 14. The number of ketones is 2. The molecule has 5 amide bonds. The van der Waals surface area contributed by atoms with Crippen molar-refractivity contribution in [1.29, 1.82) is 0 Å². The lowest BCUT2D eigenvalue weighted by molar-refractivity contribution is -0.187. The van der Waals surface area contributed by atoms with Gasteiger partial charge in [0.15, 0.2) is 5.78 Å². The first-order valence-corrected chi connectivity index (χ1v) is 31.6. The number of aliphatic hydroxyl groups is 1. The lowest BCUT2D eigenvalue weighted by Crippen LogP contribution is -2.53. The van der Waals surface area contributed by atoms with Crippen molar-refractivity contribution in [1.82, 2.24) is 10.6 Å². The highest BCUT2D eigenvalue weighted by atomic mass is 79.9. The fraction of sp³-hybridized carbons (Fsp3) is 0.607. The number of primary amides is 1. The van der Waals surface area contributed by atoms with E-state index in [2.05, 4.69) is 47.8 Å². The maximum Gasteiger partial charge on any atom is 0.412 e. The van der Waals surface area contributed by atoms with Crippen molar-refractivity contribution >= 4 is 114 Å². The molecule has 2 fully saturated rings. The van der Waals surface area contributed by atoms with Gasteiger partial charge in [-0.05, 0) is 114 Å². The summed E-state index contributed by atoms with van der Waals surface area (Å²) in [5, 5.41) is 20.7. The molecule has 5 rings (SSSR count). The van der Waals surface area contributed by atoms with Crippen molar-refractivity contribution in [3.8, 4) is 0 Å². The number of halogens is 5. The summed E-state index contributed by atoms with van der Waals surface area (Å²) in [4.78, 5) is 108. The van der Waals surface area contributed by atoms with Crippen LogP contribution in [0.4, 0.5) is 25.4 Å². The van der Waals surface area contributed by atoms with Gasteiger partial charge in [0.05, 0.1) is 52.3 Å². The Morgan fingerprint density at radius 2 is 1.73 bits per heavy atom. The number of esters is 2. The van der Waals surface area contributed by atoms with Crippen molar-refractivity contribution in [2.45, 2.75) is 180 Å². The Hall–Kier alpha value is -4.97. The molecule has 85 heavy (non-hydrogen) atoms. The quantitative estimate of drug-likeness (QED) is 0.0215. The molecule has 0 saturated carbocycles. The number of unbranched alkanes of at least 4 members (excludes halogenated alkanes) is 1. The molecule has 2 aromatic carbocycles. The zero-order valence-corrected chi connectivity index (χ0v) is 54.7. The largest absolute Gasteiger partial charge is 0.462 e. The van der Waals surface area contributed by atoms with Crippen molar-refractivity contribution in [2.24, 2.45) is 29.4 Å². The van der Waals surface area contributed by atoms with E-state index in [1.165, 1.54) is 12.0 Å². The number of alkyl halides is 2. The van der Waals surface area contributed by atoms with Crippen LogP contribution in [0, 0.1) is 36.4 Å². The number of benzene rings is 2. The number of rotatable bonds is 24. The lowest BCUT2D eigenvalue weighted by atomic mass is 9.78. The minimum atomic E-state index is -1.67. The van der Waals surface area contributed by atoms with Gasteiger partial charge >= 0.3 is 24.1 Å². The molecule has 19 nitrogen and oxygen atoms in total. The Morgan fingerprint density at radius 1 is 1.04 bits per heavy atom. The highest BCUT2D eigenvalue weighted by molar-refractivity contribution is 9.09. The molecule has 470 valence electrons. The summed E-state index contributed by atoms with van der Waals surface area (Å²) in [5.74, 6) is -5.92. The summed E-state index contributed by atoms with van der Waals surface area (Å²) in [6.07, 6.45) is 1.16. The van der Waals surface area contributed by atoms with Gasteiger partial charge in [-0.15, -0.1) is 0 Å². The molecule has 24 heteroatoms.